The fourth-order valence-electron chi connectivity index (χ4n) is 7.24. The molecule has 0 saturated heterocycles. The van der Waals surface area contributed by atoms with Crippen LogP contribution >= 0.6 is 0 Å². The Balaban J connectivity index is 2.15. The van der Waals surface area contributed by atoms with Gasteiger partial charge in [0, 0.05) is 5.92 Å². The average molecular weight is 743 g/mol. The summed E-state index contributed by atoms with van der Waals surface area (Å²) in [4.78, 5) is 0. The van der Waals surface area contributed by atoms with Crippen molar-refractivity contribution in [3.63, 3.8) is 0 Å². The molecule has 0 aliphatic heterocycles. The molecule has 52 heavy (non-hydrogen) atoms. The van der Waals surface area contributed by atoms with Crippen LogP contribution < -0.4 is 16.4 Å². The predicted octanol–water partition coefficient (Wildman–Crippen LogP) is 9.07. The Morgan fingerprint density at radius 3 is 1.10 bits per heavy atom. The average Bonchev–Trinajstić information content (AvgIpc) is 3.49. The molecular weight excluding hydrogens is 728 g/mol. The van der Waals surface area contributed by atoms with Crippen molar-refractivity contribution in [3.8, 4) is 0 Å². The topological polar surface area (TPSA) is 0 Å². The van der Waals surface area contributed by atoms with E-state index < -0.39 is 132 Å². The molecule has 0 spiro atoms. The largest absolute Gasteiger partial charge is 0.207 e. The highest BCUT2D eigenvalue weighted by Gasteiger charge is 2.53. The lowest BCUT2D eigenvalue weighted by molar-refractivity contribution is 0.380. The van der Waals surface area contributed by atoms with Crippen LogP contribution in [-0.4, -0.2) is 6.15 Å². The molecule has 0 saturated carbocycles. The number of fused-ring (bicyclic) bond motifs is 1. The van der Waals surface area contributed by atoms with Gasteiger partial charge >= 0.3 is 0 Å². The second-order valence-electron chi connectivity index (χ2n) is 11.9. The standard InChI is InChI=1S/C36H15BF15/c1-12(2)16-14-10-6-7-11-15(14)18(17(16)13-8-4-3-5-9-13)37(19-22(38)28(44)34(50)29(45)23(19)39,20-24(40)30(46)35(51)31(47)25(20)41)21-26(42)32(48)36(52)33(49)27(21)43/h3-11,16H,1H2,2H3/q-1. The first-order chi connectivity index (χ1) is 24.4. The quantitative estimate of drug-likeness (QED) is 0.0536. The third kappa shape index (κ3) is 4.75. The summed E-state index contributed by atoms with van der Waals surface area (Å²) < 4.78 is 234. The normalized spacial score (nSPS) is 14.3. The molecular formula is C36H15BF15-. The molecule has 5 aromatic carbocycles. The predicted molar refractivity (Wildman–Crippen MR) is 161 cm³/mol. The van der Waals surface area contributed by atoms with E-state index in [0.29, 0.717) is 0 Å². The smallest absolute Gasteiger partial charge is 0.200 e. The van der Waals surface area contributed by atoms with Crippen LogP contribution in [0.2, 0.25) is 0 Å². The molecule has 1 aliphatic rings. The van der Waals surface area contributed by atoms with Crippen LogP contribution in [0.25, 0.3) is 11.0 Å². The van der Waals surface area contributed by atoms with E-state index in [0.717, 1.165) is 24.3 Å². The van der Waals surface area contributed by atoms with Gasteiger partial charge in [0.25, 0.3) is 0 Å². The molecule has 0 nitrogen and oxygen atoms in total. The molecule has 0 heterocycles. The van der Waals surface area contributed by atoms with Gasteiger partial charge in [-0.1, -0.05) is 77.9 Å². The van der Waals surface area contributed by atoms with Gasteiger partial charge in [-0.25, -0.2) is 65.9 Å². The lowest BCUT2D eigenvalue weighted by Gasteiger charge is -2.47. The van der Waals surface area contributed by atoms with Gasteiger partial charge in [0.1, 0.15) is 41.0 Å². The molecule has 1 atom stereocenters. The molecule has 0 aromatic heterocycles. The summed E-state index contributed by atoms with van der Waals surface area (Å²) in [5.41, 5.74) is -11.0. The van der Waals surface area contributed by atoms with E-state index in [1.54, 1.807) is 0 Å². The number of rotatable bonds is 6. The van der Waals surface area contributed by atoms with Crippen molar-refractivity contribution < 1.29 is 65.9 Å². The van der Waals surface area contributed by atoms with Crippen molar-refractivity contribution in [3.05, 3.63) is 171 Å². The van der Waals surface area contributed by atoms with Crippen LogP contribution in [0, 0.1) is 87.3 Å². The fraction of sp³-hybridized carbons (Fsp3) is 0.0556. The van der Waals surface area contributed by atoms with Crippen LogP contribution in [0.4, 0.5) is 65.9 Å². The summed E-state index contributed by atoms with van der Waals surface area (Å²) in [6, 6.07) is 10.7. The van der Waals surface area contributed by atoms with Crippen LogP contribution in [0.1, 0.15) is 29.5 Å². The molecule has 16 heteroatoms. The van der Waals surface area contributed by atoms with E-state index in [1.807, 2.05) is 0 Å². The van der Waals surface area contributed by atoms with Gasteiger partial charge in [0.05, 0.1) is 0 Å². The van der Waals surface area contributed by atoms with Gasteiger partial charge in [-0.2, -0.15) is 5.47 Å². The molecule has 0 amide bonds. The van der Waals surface area contributed by atoms with Crippen molar-refractivity contribution in [1.29, 1.82) is 0 Å². The Labute approximate surface area is 283 Å². The molecule has 0 fully saturated rings. The highest BCUT2D eigenvalue weighted by Crippen LogP contribution is 2.53. The minimum absolute atomic E-state index is 0.00163. The number of hydrogen-bond acceptors (Lipinski definition) is 0. The van der Waals surface area contributed by atoms with E-state index in [-0.39, 0.29) is 16.7 Å². The minimum Gasteiger partial charge on any atom is -0.207 e. The van der Waals surface area contributed by atoms with Crippen LogP contribution in [0.3, 0.4) is 0 Å². The van der Waals surface area contributed by atoms with Crippen molar-refractivity contribution in [2.24, 2.45) is 0 Å². The Kier molecular flexibility index (Phi) is 8.87. The molecule has 0 N–H and O–H groups in total. The maximum Gasteiger partial charge on any atom is 0.200 e. The summed E-state index contributed by atoms with van der Waals surface area (Å²) in [5.74, 6) is -47.2. The van der Waals surface area contributed by atoms with Gasteiger partial charge in [0.15, 0.2) is 52.4 Å². The van der Waals surface area contributed by atoms with E-state index in [4.69, 9.17) is 0 Å². The summed E-state index contributed by atoms with van der Waals surface area (Å²) in [6.07, 6.45) is -6.02. The van der Waals surface area contributed by atoms with Crippen LogP contribution in [0.15, 0.2) is 66.7 Å². The zero-order valence-electron chi connectivity index (χ0n) is 25.7. The number of allylic oxidation sites excluding steroid dienone is 2. The van der Waals surface area contributed by atoms with Crippen molar-refractivity contribution in [1.82, 2.24) is 0 Å². The number of halogens is 15. The Hall–Kier alpha value is -5.41. The van der Waals surface area contributed by atoms with E-state index in [1.165, 1.54) is 37.3 Å². The first-order valence-electron chi connectivity index (χ1n) is 14.7. The highest BCUT2D eigenvalue weighted by atomic mass is 19.2. The second-order valence-corrected chi connectivity index (χ2v) is 11.9. The lowest BCUT2D eigenvalue weighted by atomic mass is 9.11. The van der Waals surface area contributed by atoms with Gasteiger partial charge in [0.2, 0.25) is 0 Å². The van der Waals surface area contributed by atoms with Gasteiger partial charge < -0.3 is 0 Å². The number of benzene rings is 5. The zero-order chi connectivity index (χ0) is 38.3. The second kappa shape index (κ2) is 12.7. The van der Waals surface area contributed by atoms with Gasteiger partial charge in [-0.05, 0) is 18.1 Å². The summed E-state index contributed by atoms with van der Waals surface area (Å²) in [5, 5.41) is 0. The summed E-state index contributed by atoms with van der Waals surface area (Å²) in [6.45, 7) is 5.08. The first kappa shape index (κ1) is 36.4. The Morgan fingerprint density at radius 1 is 0.442 bits per heavy atom. The third-order valence-electron chi connectivity index (χ3n) is 9.18. The van der Waals surface area contributed by atoms with Gasteiger partial charge in [-0.3, -0.25) is 0 Å². The summed E-state index contributed by atoms with van der Waals surface area (Å²) in [7, 11) is 0. The SMILES string of the molecule is C=C(C)C1C(c2ccccc2)=C([B-](c2c(F)c(F)c(F)c(F)c2F)(c2c(F)c(F)c(F)c(F)c2F)c2c(F)c(F)c(F)c(F)c2F)c2ccccc21. The van der Waals surface area contributed by atoms with Crippen molar-refractivity contribution in [2.75, 3.05) is 0 Å². The lowest BCUT2D eigenvalue weighted by Crippen LogP contribution is -2.74. The fourth-order valence-corrected chi connectivity index (χ4v) is 7.24. The zero-order valence-corrected chi connectivity index (χ0v) is 25.7. The first-order valence-corrected chi connectivity index (χ1v) is 14.7. The van der Waals surface area contributed by atoms with Crippen molar-refractivity contribution >= 4 is 33.6 Å². The Bertz CT molecular complexity index is 2150. The van der Waals surface area contributed by atoms with Crippen molar-refractivity contribution in [2.45, 2.75) is 12.8 Å². The highest BCUT2D eigenvalue weighted by molar-refractivity contribution is 7.24. The monoisotopic (exact) mass is 743 g/mol. The van der Waals surface area contributed by atoms with Crippen LogP contribution in [-0.2, 0) is 0 Å². The molecule has 0 radical (unpaired) electrons. The molecule has 5 aromatic rings. The maximum atomic E-state index is 16.4. The van der Waals surface area contributed by atoms with E-state index in [2.05, 4.69) is 6.58 Å². The molecule has 1 unspecified atom stereocenters. The van der Waals surface area contributed by atoms with Crippen LogP contribution in [0.5, 0.6) is 0 Å². The third-order valence-corrected chi connectivity index (χ3v) is 9.18. The van der Waals surface area contributed by atoms with Gasteiger partial charge in [-0.15, -0.1) is 16.4 Å². The number of hydrogen-bond donors (Lipinski definition) is 0. The Morgan fingerprint density at radius 2 is 0.750 bits per heavy atom. The molecule has 1 aliphatic carbocycles. The maximum absolute atomic E-state index is 16.4. The summed E-state index contributed by atoms with van der Waals surface area (Å²) >= 11 is 0. The minimum atomic E-state index is -6.02. The van der Waals surface area contributed by atoms with E-state index >= 15 is 52.7 Å². The molecule has 0 bridgehead atoms. The molecule has 268 valence electrons. The molecule has 6 rings (SSSR count). The van der Waals surface area contributed by atoms with E-state index in [9.17, 15) is 13.2 Å².